The fraction of sp³-hybridized carbons (Fsp3) is 0.222. The van der Waals surface area contributed by atoms with Crippen LogP contribution in [0.1, 0.15) is 17.5 Å². The van der Waals surface area contributed by atoms with Crippen molar-refractivity contribution in [3.05, 3.63) is 59.7 Å². The molecular formula is C18H18N2O2S. The highest BCUT2D eigenvalue weighted by Gasteiger charge is 2.06. The van der Waals surface area contributed by atoms with Crippen LogP contribution >= 0.6 is 11.3 Å². The second-order valence-corrected chi connectivity index (χ2v) is 6.41. The second kappa shape index (κ2) is 7.24. The number of rotatable bonds is 7. The molecule has 0 atom stereocenters. The molecule has 0 unspecified atom stereocenters. The number of aryl methyl sites for hydroxylation is 1. The number of nitrogens with zero attached hydrogens (tertiary/aromatic N) is 1. The van der Waals surface area contributed by atoms with Crippen LogP contribution in [0.2, 0.25) is 0 Å². The Morgan fingerprint density at radius 2 is 1.91 bits per heavy atom. The van der Waals surface area contributed by atoms with Crippen LogP contribution in [-0.2, 0) is 17.6 Å². The van der Waals surface area contributed by atoms with Gasteiger partial charge in [0, 0.05) is 13.0 Å². The van der Waals surface area contributed by atoms with Gasteiger partial charge in [-0.2, -0.15) is 0 Å². The molecule has 0 bridgehead atoms. The zero-order valence-corrected chi connectivity index (χ0v) is 13.5. The Labute approximate surface area is 138 Å². The average Bonchev–Trinajstić information content (AvgIpc) is 2.96. The number of carboxylic acids is 1. The first kappa shape index (κ1) is 15.5. The Morgan fingerprint density at radius 1 is 1.09 bits per heavy atom. The van der Waals surface area contributed by atoms with Crippen molar-refractivity contribution in [1.29, 1.82) is 0 Å². The molecule has 118 valence electrons. The van der Waals surface area contributed by atoms with Gasteiger partial charge in [0.25, 0.3) is 0 Å². The van der Waals surface area contributed by atoms with E-state index in [2.05, 4.69) is 22.4 Å². The largest absolute Gasteiger partial charge is 0.481 e. The molecule has 23 heavy (non-hydrogen) atoms. The minimum Gasteiger partial charge on any atom is -0.481 e. The molecule has 1 heterocycles. The molecule has 5 heteroatoms. The molecule has 4 nitrogen and oxygen atoms in total. The number of anilines is 1. The third-order valence-electron chi connectivity index (χ3n) is 3.61. The second-order valence-electron chi connectivity index (χ2n) is 5.38. The van der Waals surface area contributed by atoms with Crippen molar-refractivity contribution in [1.82, 2.24) is 4.98 Å². The molecule has 2 N–H and O–H groups in total. The summed E-state index contributed by atoms with van der Waals surface area (Å²) in [5.41, 5.74) is 3.30. The maximum absolute atomic E-state index is 10.7. The lowest BCUT2D eigenvalue weighted by Gasteiger charge is -2.02. The van der Waals surface area contributed by atoms with Gasteiger partial charge in [0.15, 0.2) is 5.13 Å². The van der Waals surface area contributed by atoms with E-state index in [0.717, 1.165) is 33.9 Å². The van der Waals surface area contributed by atoms with Gasteiger partial charge in [-0.1, -0.05) is 47.7 Å². The molecular weight excluding hydrogens is 308 g/mol. The van der Waals surface area contributed by atoms with E-state index in [0.29, 0.717) is 6.42 Å². The highest BCUT2D eigenvalue weighted by atomic mass is 32.1. The smallest absolute Gasteiger partial charge is 0.303 e. The molecule has 2 aromatic carbocycles. The molecule has 3 rings (SSSR count). The van der Waals surface area contributed by atoms with Crippen molar-refractivity contribution in [2.24, 2.45) is 0 Å². The first-order valence-electron chi connectivity index (χ1n) is 7.60. The van der Waals surface area contributed by atoms with E-state index in [9.17, 15) is 4.79 Å². The first-order chi connectivity index (χ1) is 11.2. The van der Waals surface area contributed by atoms with Gasteiger partial charge < -0.3 is 10.4 Å². The van der Waals surface area contributed by atoms with Crippen LogP contribution in [-0.4, -0.2) is 22.6 Å². The molecule has 0 saturated heterocycles. The van der Waals surface area contributed by atoms with Gasteiger partial charge in [0.1, 0.15) is 0 Å². The number of hydrogen-bond acceptors (Lipinski definition) is 4. The van der Waals surface area contributed by atoms with Crippen molar-refractivity contribution in [2.75, 3.05) is 11.9 Å². The molecule has 0 aliphatic carbocycles. The lowest BCUT2D eigenvalue weighted by Crippen LogP contribution is -2.04. The monoisotopic (exact) mass is 326 g/mol. The lowest BCUT2D eigenvalue weighted by molar-refractivity contribution is -0.136. The van der Waals surface area contributed by atoms with Crippen LogP contribution in [0.5, 0.6) is 0 Å². The topological polar surface area (TPSA) is 62.2 Å². The van der Waals surface area contributed by atoms with Crippen LogP contribution < -0.4 is 5.32 Å². The number of carboxylic acid groups (broad SMARTS) is 1. The molecule has 3 aromatic rings. The number of benzene rings is 2. The highest BCUT2D eigenvalue weighted by molar-refractivity contribution is 7.22. The summed E-state index contributed by atoms with van der Waals surface area (Å²) in [6.07, 6.45) is 1.67. The van der Waals surface area contributed by atoms with E-state index in [-0.39, 0.29) is 6.42 Å². The number of nitrogens with one attached hydrogen (secondary N) is 1. The maximum Gasteiger partial charge on any atom is 0.303 e. The molecule has 0 saturated carbocycles. The van der Waals surface area contributed by atoms with Crippen LogP contribution in [0.25, 0.3) is 10.2 Å². The van der Waals surface area contributed by atoms with E-state index in [1.165, 1.54) is 5.56 Å². The fourth-order valence-electron chi connectivity index (χ4n) is 2.41. The summed E-state index contributed by atoms with van der Waals surface area (Å²) in [6.45, 7) is 0.843. The summed E-state index contributed by atoms with van der Waals surface area (Å²) in [6, 6.07) is 16.3. The zero-order valence-electron chi connectivity index (χ0n) is 12.7. The van der Waals surface area contributed by atoms with Crippen molar-refractivity contribution >= 4 is 32.7 Å². The minimum absolute atomic E-state index is 0.159. The van der Waals surface area contributed by atoms with Crippen molar-refractivity contribution in [3.63, 3.8) is 0 Å². The molecule has 1 aromatic heterocycles. The van der Waals surface area contributed by atoms with E-state index in [1.807, 2.05) is 36.4 Å². The van der Waals surface area contributed by atoms with Crippen LogP contribution in [0.3, 0.4) is 0 Å². The van der Waals surface area contributed by atoms with Crippen LogP contribution in [0.4, 0.5) is 5.13 Å². The van der Waals surface area contributed by atoms with Gasteiger partial charge in [-0.05, 0) is 36.1 Å². The summed E-state index contributed by atoms with van der Waals surface area (Å²) < 4.78 is 1.09. The Bertz CT molecular complexity index is 799. The summed E-state index contributed by atoms with van der Waals surface area (Å²) >= 11 is 1.61. The van der Waals surface area contributed by atoms with Gasteiger partial charge in [-0.25, -0.2) is 4.98 Å². The Morgan fingerprint density at radius 3 is 2.70 bits per heavy atom. The van der Waals surface area contributed by atoms with E-state index in [4.69, 9.17) is 5.11 Å². The number of fused-ring (bicyclic) bond motifs is 1. The molecule has 0 spiro atoms. The predicted octanol–water partition coefficient (Wildman–Crippen LogP) is 3.97. The van der Waals surface area contributed by atoms with E-state index in [1.54, 1.807) is 11.3 Å². The average molecular weight is 326 g/mol. The summed E-state index contributed by atoms with van der Waals surface area (Å²) in [5.74, 6) is -0.766. The Kier molecular flexibility index (Phi) is 4.88. The Balaban J connectivity index is 1.62. The molecule has 0 fully saturated rings. The lowest BCUT2D eigenvalue weighted by atomic mass is 10.1. The quantitative estimate of drug-likeness (QED) is 0.690. The standard InChI is InChI=1S/C18H18N2O2S/c21-17(22)9-7-14-6-8-15-16(12-14)23-18(20-15)19-11-10-13-4-2-1-3-5-13/h1-6,8,12H,7,9-11H2,(H,19,20)(H,21,22). The third kappa shape index (κ3) is 4.29. The van der Waals surface area contributed by atoms with Crippen LogP contribution in [0, 0.1) is 0 Å². The molecule has 0 aliphatic heterocycles. The first-order valence-corrected chi connectivity index (χ1v) is 8.41. The molecule has 0 radical (unpaired) electrons. The molecule has 0 amide bonds. The summed E-state index contributed by atoms with van der Waals surface area (Å²) in [5, 5.41) is 13.0. The van der Waals surface area contributed by atoms with Crippen molar-refractivity contribution < 1.29 is 9.90 Å². The van der Waals surface area contributed by atoms with Crippen molar-refractivity contribution in [2.45, 2.75) is 19.3 Å². The van der Waals surface area contributed by atoms with Gasteiger partial charge >= 0.3 is 5.97 Å². The fourth-order valence-corrected chi connectivity index (χ4v) is 3.36. The Hall–Kier alpha value is -2.40. The SMILES string of the molecule is O=C(O)CCc1ccc2nc(NCCc3ccccc3)sc2c1. The highest BCUT2D eigenvalue weighted by Crippen LogP contribution is 2.27. The van der Waals surface area contributed by atoms with Gasteiger partial charge in [-0.3, -0.25) is 4.79 Å². The number of carbonyl (C=O) groups is 1. The number of aromatic nitrogens is 1. The van der Waals surface area contributed by atoms with Crippen LogP contribution in [0.15, 0.2) is 48.5 Å². The minimum atomic E-state index is -0.766. The number of thiazole rings is 1. The number of aliphatic carboxylic acids is 1. The van der Waals surface area contributed by atoms with Gasteiger partial charge in [0.05, 0.1) is 10.2 Å². The van der Waals surface area contributed by atoms with E-state index >= 15 is 0 Å². The van der Waals surface area contributed by atoms with E-state index < -0.39 is 5.97 Å². The number of hydrogen-bond donors (Lipinski definition) is 2. The zero-order chi connectivity index (χ0) is 16.1. The summed E-state index contributed by atoms with van der Waals surface area (Å²) in [7, 11) is 0. The normalized spacial score (nSPS) is 10.8. The van der Waals surface area contributed by atoms with Crippen molar-refractivity contribution in [3.8, 4) is 0 Å². The van der Waals surface area contributed by atoms with Gasteiger partial charge in [0.2, 0.25) is 0 Å². The third-order valence-corrected chi connectivity index (χ3v) is 4.59. The summed E-state index contributed by atoms with van der Waals surface area (Å²) in [4.78, 5) is 15.2. The molecule has 0 aliphatic rings. The maximum atomic E-state index is 10.7. The predicted molar refractivity (Wildman–Crippen MR) is 94.2 cm³/mol. The van der Waals surface area contributed by atoms with Gasteiger partial charge in [-0.15, -0.1) is 0 Å².